The number of epoxide rings is 1. The Morgan fingerprint density at radius 1 is 0.861 bits per heavy atom. The second kappa shape index (κ2) is 16.8. The van der Waals surface area contributed by atoms with Crippen molar-refractivity contribution in [2.24, 2.45) is 110 Å². The summed E-state index contributed by atoms with van der Waals surface area (Å²) in [6.45, 7) is 8.60. The van der Waals surface area contributed by atoms with Gasteiger partial charge in [-0.2, -0.15) is 0 Å². The van der Waals surface area contributed by atoms with Crippen molar-refractivity contribution in [3.8, 4) is 0 Å². The van der Waals surface area contributed by atoms with Crippen LogP contribution in [-0.2, 0) is 39.8 Å². The minimum absolute atomic E-state index is 0.0536. The summed E-state index contributed by atoms with van der Waals surface area (Å²) < 4.78 is 36.4. The topological polar surface area (TPSA) is 181 Å². The zero-order valence-corrected chi connectivity index (χ0v) is 47.2. The fourth-order valence-corrected chi connectivity index (χ4v) is 26.4. The maximum absolute atomic E-state index is 17.1. The van der Waals surface area contributed by atoms with Crippen molar-refractivity contribution in [1.82, 2.24) is 10.2 Å². The van der Waals surface area contributed by atoms with Gasteiger partial charge in [0.1, 0.15) is 35.8 Å². The molecule has 8 heterocycles. The van der Waals surface area contributed by atoms with Crippen molar-refractivity contribution in [2.45, 2.75) is 203 Å². The number of rotatable bonds is 8. The summed E-state index contributed by atoms with van der Waals surface area (Å²) in [7, 11) is 0. The molecule has 13 nitrogen and oxygen atoms in total. The highest BCUT2D eigenvalue weighted by atomic mass is 16.7. The minimum Gasteiger partial charge on any atom is -0.469 e. The monoisotopic (exact) mass is 1080 g/mol. The number of carbonyl (C=O) groups is 3. The molecule has 0 amide bonds. The SMILES string of the molecule is C[C@@H]1[C@@H]2CCCC[C@@H]2CC[C@H]1[C@@H]1C=C2C[C@H]3CCC[C@]34C[C@@H]3C[C@@]5(C)[C@H](c6ccoc6C[C@@H]([C@H]6CC[C@@H]7[C@H](C=CN8CNC[C@@H]78)C6)[C@H](O)CO)OC(=O)[C@H]6O[C@]65[C@]5(C6CCCCC6)[C@H](O)C(=O)[C@@H]6[C@@]1(C)O[C@]21[C@H]4C(=O)OC[C@@]61[C@@H]35. The zero-order chi connectivity index (χ0) is 53.5. The van der Waals surface area contributed by atoms with Crippen LogP contribution in [0.5, 0.6) is 0 Å². The smallest absolute Gasteiger partial charge is 0.339 e. The number of ketones is 1. The van der Waals surface area contributed by atoms with E-state index in [1.807, 2.05) is 6.07 Å². The summed E-state index contributed by atoms with van der Waals surface area (Å²) in [5, 5.41) is 40.6. The fraction of sp³-hybridized carbons (Fsp3) is 0.833. The van der Waals surface area contributed by atoms with E-state index in [1.165, 1.54) is 37.7 Å². The number of hydrogen-bond donors (Lipinski definition) is 4. The number of allylic oxidation sites excluding steroid dienone is 1. The number of aliphatic hydroxyl groups is 3. The van der Waals surface area contributed by atoms with Gasteiger partial charge in [0.05, 0.1) is 48.5 Å². The number of hydrogen-bond acceptors (Lipinski definition) is 13. The summed E-state index contributed by atoms with van der Waals surface area (Å²) in [5.74, 6) is 1.07. The van der Waals surface area contributed by atoms with Crippen molar-refractivity contribution in [3.05, 3.63) is 47.6 Å². The Morgan fingerprint density at radius 3 is 2.52 bits per heavy atom. The molecule has 14 fully saturated rings. The summed E-state index contributed by atoms with van der Waals surface area (Å²) in [5.41, 5.74) is -4.95. The van der Waals surface area contributed by atoms with Crippen molar-refractivity contribution in [1.29, 1.82) is 0 Å². The highest BCUT2D eigenvalue weighted by Gasteiger charge is 2.98. The predicted molar refractivity (Wildman–Crippen MR) is 288 cm³/mol. The van der Waals surface area contributed by atoms with Crippen LogP contribution in [0.15, 0.2) is 40.7 Å². The first-order chi connectivity index (χ1) is 38.2. The number of ether oxygens (including phenoxy) is 4. The van der Waals surface area contributed by atoms with Gasteiger partial charge in [0.2, 0.25) is 0 Å². The molecule has 5 saturated heterocycles. The van der Waals surface area contributed by atoms with Crippen molar-refractivity contribution >= 4 is 17.7 Å². The van der Waals surface area contributed by atoms with Gasteiger partial charge >= 0.3 is 11.9 Å². The van der Waals surface area contributed by atoms with Crippen LogP contribution in [0, 0.1) is 110 Å². The van der Waals surface area contributed by atoms with Gasteiger partial charge in [-0.1, -0.05) is 70.9 Å². The number of carbonyl (C=O) groups excluding carboxylic acids is 3. The molecule has 9 aliphatic carbocycles. The molecule has 16 aliphatic rings. The standard InChI is InChI=1S/C66H88N2O11/c1-34-42-14-8-7-10-35(42)15-17-43(34)47-26-41-25-40-13-9-21-62(40)29-38-28-60(2)56(45-20-23-75-50(45)27-46(49(70)31-69)36-16-18-44-37(24-36)19-22-68-33-67-30-48(44)68)77-59(74)57-66(60,78-57)64(39-11-5-4-6-12-39)52(38)63-32-76-58(73)54(62)65(41,63)79-61(47,3)53(63)51(71)55(64)72/h19-20,22-23,26,34-40,42-44,46-49,52-57,67,69-70,72H,4-18,21,24-25,27-33H2,1-3H3/t34-,35-,36+,37-,38+,40-,42+,43-,44-,46+,47+,48+,49-,52-,53-,54+,55-,56+,57-,60+,61+,62+,63-,64+,65+,66-/m1/s1. The zero-order valence-electron chi connectivity index (χ0n) is 47.2. The van der Waals surface area contributed by atoms with E-state index in [4.69, 9.17) is 23.4 Å². The number of Topliss-reactive ketones (excluding diaryl/α,β-unsaturated/α-hetero) is 1. The van der Waals surface area contributed by atoms with Crippen LogP contribution in [0.25, 0.3) is 0 Å². The maximum Gasteiger partial charge on any atom is 0.339 e. The van der Waals surface area contributed by atoms with Gasteiger partial charge < -0.3 is 43.6 Å². The average Bonchev–Trinajstić information content (AvgIpc) is 1.53. The summed E-state index contributed by atoms with van der Waals surface area (Å²) in [6.07, 6.45) is 25.2. The molecule has 1 aromatic heterocycles. The third-order valence-electron chi connectivity index (χ3n) is 28.6. The number of nitrogens with one attached hydrogen (secondary N) is 1. The normalized spacial score (nSPS) is 54.9. The van der Waals surface area contributed by atoms with Gasteiger partial charge in [-0.25, -0.2) is 4.79 Å². The first kappa shape index (κ1) is 50.4. The van der Waals surface area contributed by atoms with E-state index in [0.717, 1.165) is 115 Å². The summed E-state index contributed by atoms with van der Waals surface area (Å²) in [4.78, 5) is 50.6. The van der Waals surface area contributed by atoms with Crippen LogP contribution in [0.3, 0.4) is 0 Å². The lowest BCUT2D eigenvalue weighted by Crippen LogP contribution is -2.82. The Morgan fingerprint density at radius 2 is 1.67 bits per heavy atom. The lowest BCUT2D eigenvalue weighted by Gasteiger charge is -2.72. The molecule has 0 radical (unpaired) electrons. The van der Waals surface area contributed by atoms with Gasteiger partial charge in [-0.05, 0) is 185 Å². The van der Waals surface area contributed by atoms with Crippen LogP contribution >= 0.6 is 0 Å². The van der Waals surface area contributed by atoms with Crippen molar-refractivity contribution < 1.29 is 53.1 Å². The van der Waals surface area contributed by atoms with Gasteiger partial charge in [0.25, 0.3) is 0 Å². The van der Waals surface area contributed by atoms with E-state index >= 15 is 14.4 Å². The van der Waals surface area contributed by atoms with Crippen LogP contribution < -0.4 is 5.32 Å². The second-order valence-corrected chi connectivity index (χ2v) is 30.6. The molecular weight excluding hydrogens is 997 g/mol. The highest BCUT2D eigenvalue weighted by molar-refractivity contribution is 5.94. The molecule has 9 saturated carbocycles. The molecule has 1 aromatic rings. The van der Waals surface area contributed by atoms with E-state index in [1.54, 1.807) is 6.26 Å². The number of esters is 2. The molecule has 4 N–H and O–H groups in total. The number of nitrogens with zero attached hydrogens (tertiary/aromatic N) is 1. The number of aliphatic hydroxyl groups excluding tert-OH is 3. The predicted octanol–water partition coefficient (Wildman–Crippen LogP) is 8.78. The molecule has 17 rings (SSSR count). The van der Waals surface area contributed by atoms with E-state index in [9.17, 15) is 15.3 Å². The van der Waals surface area contributed by atoms with E-state index < -0.39 is 80.7 Å². The van der Waals surface area contributed by atoms with Gasteiger partial charge in [0, 0.05) is 41.3 Å². The average molecular weight is 1090 g/mol. The third-order valence-corrected chi connectivity index (χ3v) is 28.6. The van der Waals surface area contributed by atoms with E-state index in [0.29, 0.717) is 54.2 Å². The first-order valence-electron chi connectivity index (χ1n) is 32.4. The molecule has 13 heteroatoms. The molecule has 0 aromatic carbocycles. The second-order valence-electron chi connectivity index (χ2n) is 30.6. The van der Waals surface area contributed by atoms with E-state index in [-0.39, 0.29) is 66.4 Å². The quantitative estimate of drug-likeness (QED) is 0.110. The summed E-state index contributed by atoms with van der Waals surface area (Å²) >= 11 is 0. The highest BCUT2D eigenvalue weighted by Crippen LogP contribution is 2.90. The van der Waals surface area contributed by atoms with Crippen molar-refractivity contribution in [2.75, 3.05) is 26.4 Å². The molecular formula is C66H88N2O11. The molecule has 5 bridgehead atoms. The Balaban J connectivity index is 0.830. The molecule has 7 aliphatic heterocycles. The molecule has 79 heavy (non-hydrogen) atoms. The molecule has 4 spiro atoms. The van der Waals surface area contributed by atoms with Crippen LogP contribution in [0.4, 0.5) is 0 Å². The molecule has 428 valence electrons. The first-order valence-corrected chi connectivity index (χ1v) is 32.4. The van der Waals surface area contributed by atoms with E-state index in [2.05, 4.69) is 49.3 Å². The lowest BCUT2D eigenvalue weighted by molar-refractivity contribution is -0.300. The Hall–Kier alpha value is -3.07. The third kappa shape index (κ3) is 5.81. The molecule has 0 unspecified atom stereocenters. The number of fused-ring (bicyclic) bond motifs is 6. The Kier molecular flexibility index (Phi) is 10.8. The Labute approximate surface area is 466 Å². The van der Waals surface area contributed by atoms with Gasteiger partial charge in [-0.3, -0.25) is 14.9 Å². The number of furan rings is 1. The van der Waals surface area contributed by atoms with Gasteiger partial charge in [-0.15, -0.1) is 0 Å². The Bertz CT molecular complexity index is 2810. The maximum atomic E-state index is 17.1. The van der Waals surface area contributed by atoms with Crippen LogP contribution in [-0.4, -0.2) is 106 Å². The largest absolute Gasteiger partial charge is 0.469 e. The fourth-order valence-electron chi connectivity index (χ4n) is 26.4. The minimum atomic E-state index is -1.45. The summed E-state index contributed by atoms with van der Waals surface area (Å²) in [6, 6.07) is 2.44. The van der Waals surface area contributed by atoms with Gasteiger partial charge in [0.15, 0.2) is 11.9 Å². The van der Waals surface area contributed by atoms with Crippen molar-refractivity contribution in [3.63, 3.8) is 0 Å². The van der Waals surface area contributed by atoms with Crippen LogP contribution in [0.1, 0.15) is 167 Å². The number of cyclic esters (lactones) is 2. The van der Waals surface area contributed by atoms with Crippen LogP contribution in [0.2, 0.25) is 0 Å². The lowest BCUT2D eigenvalue weighted by atomic mass is 9.30. The molecule has 26 atom stereocenters.